The van der Waals surface area contributed by atoms with Gasteiger partial charge in [-0.2, -0.15) is 0 Å². The Balaban J connectivity index is 0. The molecule has 7 heteroatoms. The summed E-state index contributed by atoms with van der Waals surface area (Å²) in [5.41, 5.74) is 0. The van der Waals surface area contributed by atoms with Gasteiger partial charge < -0.3 is 15.3 Å². The zero-order valence-electron chi connectivity index (χ0n) is 3.01. The summed E-state index contributed by atoms with van der Waals surface area (Å²) in [6.45, 7) is 0. The Hall–Kier alpha value is 0.00312. The molecule has 0 atom stereocenters. The molecule has 42 valence electrons. The van der Waals surface area contributed by atoms with Crippen LogP contribution in [0.4, 0.5) is 0 Å². The molecule has 0 heterocycles. The van der Waals surface area contributed by atoms with Crippen molar-refractivity contribution in [1.82, 2.24) is 0 Å². The van der Waals surface area contributed by atoms with Crippen LogP contribution in [-0.4, -0.2) is 35.6 Å². The van der Waals surface area contributed by atoms with Crippen molar-refractivity contribution >= 4 is 24.1 Å². The van der Waals surface area contributed by atoms with E-state index in [0.717, 1.165) is 0 Å². The van der Waals surface area contributed by atoms with Gasteiger partial charge in [-0.15, -0.1) is 0 Å². The van der Waals surface area contributed by atoms with E-state index < -0.39 is 29.2 Å². The minimum atomic E-state index is -1.83. The van der Waals surface area contributed by atoms with E-state index in [2.05, 4.69) is 0 Å². The van der Waals surface area contributed by atoms with E-state index in [1.54, 1.807) is 0 Å². The van der Waals surface area contributed by atoms with Gasteiger partial charge >= 0.3 is 30.5 Å². The van der Waals surface area contributed by atoms with Gasteiger partial charge in [0, 0.05) is 0 Å². The molecule has 0 saturated heterocycles. The van der Waals surface area contributed by atoms with E-state index in [9.17, 15) is 0 Å². The van der Waals surface area contributed by atoms with Gasteiger partial charge in [0.1, 0.15) is 0 Å². The molecule has 0 aliphatic rings. The summed E-state index contributed by atoms with van der Waals surface area (Å²) in [5.74, 6) is 0. The molecule has 0 unspecified atom stereocenters. The van der Waals surface area contributed by atoms with E-state index in [1.807, 2.05) is 0 Å². The average molecular weight is 305 g/mol. The van der Waals surface area contributed by atoms with E-state index >= 15 is 0 Å². The minimum absolute atomic E-state index is 1.75. The Morgan fingerprint density at radius 3 is 1.43 bits per heavy atom. The van der Waals surface area contributed by atoms with Crippen molar-refractivity contribution in [2.24, 2.45) is 0 Å². The molecule has 0 aromatic rings. The standard InChI is InChI=1S/Bi.NO3.2H2O/c;2-1(3)4;;/h;;2*1H2/q+3;-1;;/p-2. The molecule has 0 spiro atoms. The second-order valence-corrected chi connectivity index (χ2v) is 1.01. The fourth-order valence-electron chi connectivity index (χ4n) is 0. The van der Waals surface area contributed by atoms with Crippen LogP contribution < -0.4 is 0 Å². The molecule has 0 amide bonds. The van der Waals surface area contributed by atoms with Crippen molar-refractivity contribution in [2.75, 3.05) is 0 Å². The second kappa shape index (κ2) is 9.38. The summed E-state index contributed by atoms with van der Waals surface area (Å²) in [6.07, 6.45) is 0. The molecule has 0 fully saturated rings. The van der Waals surface area contributed by atoms with Gasteiger partial charge in [0.25, 0.3) is 0 Å². The number of rotatable bonds is 0. The molecule has 0 bridgehead atoms. The van der Waals surface area contributed by atoms with Crippen molar-refractivity contribution in [3.8, 4) is 0 Å². The molecule has 0 rings (SSSR count). The maximum absolute atomic E-state index is 8.25. The van der Waals surface area contributed by atoms with Crippen molar-refractivity contribution in [3.63, 3.8) is 0 Å². The van der Waals surface area contributed by atoms with Crippen molar-refractivity contribution in [2.45, 2.75) is 0 Å². The fourth-order valence-corrected chi connectivity index (χ4v) is 0. The molecule has 0 aliphatic carbocycles. The molecule has 2 radical (unpaired) electrons. The van der Waals surface area contributed by atoms with Crippen LogP contribution >= 0.6 is 0 Å². The first-order chi connectivity index (χ1) is 3.15. The summed E-state index contributed by atoms with van der Waals surface area (Å²) in [6, 6.07) is 0. The first kappa shape index (κ1) is 10.1. The Bertz CT molecular complexity index is 39.3. The van der Waals surface area contributed by atoms with Gasteiger partial charge in [-0.05, 0) is 0 Å². The third-order valence-corrected chi connectivity index (χ3v) is 0. The molecule has 0 aromatic heterocycles. The Kier molecular flexibility index (Phi) is 13.5. The number of hydrogen-bond donors (Lipinski definition) is 2. The number of nitrogens with zero attached hydrogens (tertiary/aromatic N) is 1. The molecule has 0 saturated carbocycles. The van der Waals surface area contributed by atoms with Gasteiger partial charge in [-0.3, -0.25) is 0 Å². The van der Waals surface area contributed by atoms with Gasteiger partial charge in [0.05, 0.1) is 5.09 Å². The van der Waals surface area contributed by atoms with Crippen LogP contribution in [0.15, 0.2) is 0 Å². The molecule has 0 aliphatic heterocycles. The van der Waals surface area contributed by atoms with Crippen molar-refractivity contribution in [3.05, 3.63) is 15.3 Å². The Morgan fingerprint density at radius 2 is 1.43 bits per heavy atom. The number of hydrogen-bond acceptors (Lipinski definition) is 5. The van der Waals surface area contributed by atoms with Gasteiger partial charge in [-0.25, -0.2) is 0 Å². The van der Waals surface area contributed by atoms with Crippen LogP contribution in [0, 0.1) is 15.3 Å². The van der Waals surface area contributed by atoms with Gasteiger partial charge in [0.2, 0.25) is 0 Å². The molecule has 6 nitrogen and oxygen atoms in total. The zero-order chi connectivity index (χ0) is 6.28. The summed E-state index contributed by atoms with van der Waals surface area (Å²) in [4.78, 5) is 8.25. The van der Waals surface area contributed by atoms with Crippen LogP contribution in [0.2, 0.25) is 0 Å². The predicted octanol–water partition coefficient (Wildman–Crippen LogP) is -1.73. The first-order valence-electron chi connectivity index (χ1n) is 0.948. The normalized spacial score (nSPS) is 6.00. The maximum atomic E-state index is 8.25. The fraction of sp³-hybridized carbons (Fsp3) is 0. The van der Waals surface area contributed by atoms with Crippen LogP contribution in [0.3, 0.4) is 0 Å². The van der Waals surface area contributed by atoms with E-state index in [1.165, 1.54) is 0 Å². The summed E-state index contributed by atoms with van der Waals surface area (Å²) in [5, 5.41) is 14.8. The van der Waals surface area contributed by atoms with Gasteiger partial charge in [0.15, 0.2) is 0 Å². The molecular weight excluding hydrogens is 303 g/mol. The van der Waals surface area contributed by atoms with E-state index in [4.69, 9.17) is 21.7 Å². The zero-order valence-corrected chi connectivity index (χ0v) is 6.49. The van der Waals surface area contributed by atoms with Crippen molar-refractivity contribution in [1.29, 1.82) is 0 Å². The SMILES string of the molecule is O=[N+]([O-])[O-].[OH][Bi+][OH]. The second-order valence-electron chi connectivity index (χ2n) is 0.313. The molecule has 2 N–H and O–H groups in total. The Morgan fingerprint density at radius 1 is 1.43 bits per heavy atom. The van der Waals surface area contributed by atoms with Crippen LogP contribution in [0.5, 0.6) is 0 Å². The van der Waals surface area contributed by atoms with Crippen molar-refractivity contribution < 1.29 is 11.5 Å². The van der Waals surface area contributed by atoms with E-state index in [0.29, 0.717) is 0 Å². The molecule has 7 heavy (non-hydrogen) atoms. The van der Waals surface area contributed by atoms with Gasteiger partial charge in [-0.1, -0.05) is 0 Å². The Labute approximate surface area is 51.3 Å². The van der Waals surface area contributed by atoms with Crippen LogP contribution in [-0.2, 0) is 0 Å². The first-order valence-corrected chi connectivity index (χ1v) is 4.06. The molecular formula is H2BiNO5. The third-order valence-electron chi connectivity index (χ3n) is 0. The summed E-state index contributed by atoms with van der Waals surface area (Å²) >= 11 is -1.83. The third kappa shape index (κ3) is 9900000. The van der Waals surface area contributed by atoms with E-state index in [-0.39, 0.29) is 0 Å². The average Bonchev–Trinajstić information content (AvgIpc) is 1.33. The summed E-state index contributed by atoms with van der Waals surface area (Å²) in [7, 11) is 0. The monoisotopic (exact) mass is 305 g/mol. The molecule has 0 aromatic carbocycles. The van der Waals surface area contributed by atoms with Crippen LogP contribution in [0.25, 0.3) is 0 Å². The predicted molar refractivity (Wildman–Crippen MR) is 20.6 cm³/mol. The van der Waals surface area contributed by atoms with Crippen LogP contribution in [0.1, 0.15) is 0 Å². The quantitative estimate of drug-likeness (QED) is 0.314. The topological polar surface area (TPSA) is 107 Å². The summed E-state index contributed by atoms with van der Waals surface area (Å²) < 4.78 is 14.6.